The minimum absolute atomic E-state index is 0.0833. The van der Waals surface area contributed by atoms with Gasteiger partial charge < -0.3 is 5.11 Å². The van der Waals surface area contributed by atoms with Gasteiger partial charge in [0.25, 0.3) is 0 Å². The summed E-state index contributed by atoms with van der Waals surface area (Å²) < 4.78 is 0. The van der Waals surface area contributed by atoms with Crippen LogP contribution >= 0.6 is 0 Å². The van der Waals surface area contributed by atoms with Gasteiger partial charge in [0.2, 0.25) is 0 Å². The average molecular weight is 218 g/mol. The molecule has 0 atom stereocenters. The van der Waals surface area contributed by atoms with Crippen molar-refractivity contribution in [3.63, 3.8) is 0 Å². The Bertz CT molecular complexity index is 454. The predicted octanol–water partition coefficient (Wildman–Crippen LogP) is 1.71. The lowest BCUT2D eigenvalue weighted by Gasteiger charge is -1.97. The van der Waals surface area contributed by atoms with Crippen LogP contribution in [0.5, 0.6) is 0 Å². The first-order chi connectivity index (χ1) is 7.50. The second kappa shape index (κ2) is 5.02. The van der Waals surface area contributed by atoms with Gasteiger partial charge in [0.1, 0.15) is 0 Å². The zero-order valence-corrected chi connectivity index (χ0v) is 8.64. The molecular formula is C12H10O4. The van der Waals surface area contributed by atoms with Crippen LogP contribution in [0.4, 0.5) is 0 Å². The molecule has 1 N–H and O–H groups in total. The number of ketones is 2. The zero-order valence-electron chi connectivity index (χ0n) is 8.64. The molecule has 0 aromatic heterocycles. The molecule has 4 nitrogen and oxygen atoms in total. The Balaban J connectivity index is 2.86. The highest BCUT2D eigenvalue weighted by Gasteiger charge is 2.04. The molecule has 0 saturated heterocycles. The molecular weight excluding hydrogens is 208 g/mol. The number of carbonyl (C=O) groups excluding carboxylic acids is 2. The van der Waals surface area contributed by atoms with E-state index in [-0.39, 0.29) is 5.78 Å². The smallest absolute Gasteiger partial charge is 0.328 e. The first-order valence-corrected chi connectivity index (χ1v) is 4.57. The van der Waals surface area contributed by atoms with Crippen LogP contribution in [0.25, 0.3) is 0 Å². The molecule has 1 rings (SSSR count). The third kappa shape index (κ3) is 3.16. The van der Waals surface area contributed by atoms with E-state index in [1.54, 1.807) is 0 Å². The minimum Gasteiger partial charge on any atom is -0.478 e. The van der Waals surface area contributed by atoms with Crippen molar-refractivity contribution in [3.05, 3.63) is 47.5 Å². The van der Waals surface area contributed by atoms with Gasteiger partial charge in [-0.15, -0.1) is 0 Å². The summed E-state index contributed by atoms with van der Waals surface area (Å²) in [6.07, 6.45) is 1.76. The molecule has 0 fully saturated rings. The summed E-state index contributed by atoms with van der Waals surface area (Å²) in [5, 5.41) is 8.34. The van der Waals surface area contributed by atoms with Gasteiger partial charge in [-0.3, -0.25) is 9.59 Å². The molecule has 0 aliphatic rings. The van der Waals surface area contributed by atoms with Gasteiger partial charge >= 0.3 is 5.97 Å². The lowest BCUT2D eigenvalue weighted by molar-refractivity contribution is -0.131. The lowest BCUT2D eigenvalue weighted by Crippen LogP contribution is -1.98. The lowest BCUT2D eigenvalue weighted by atomic mass is 10.1. The van der Waals surface area contributed by atoms with E-state index in [0.717, 1.165) is 12.2 Å². The quantitative estimate of drug-likeness (QED) is 0.616. The third-order valence-electron chi connectivity index (χ3n) is 1.95. The molecule has 0 heterocycles. The van der Waals surface area contributed by atoms with Crippen LogP contribution in [0.15, 0.2) is 36.4 Å². The van der Waals surface area contributed by atoms with Crippen molar-refractivity contribution in [2.24, 2.45) is 0 Å². The first kappa shape index (κ1) is 11.8. The van der Waals surface area contributed by atoms with Crippen molar-refractivity contribution in [1.29, 1.82) is 0 Å². The molecule has 0 bridgehead atoms. The van der Waals surface area contributed by atoms with E-state index in [4.69, 9.17) is 5.11 Å². The molecule has 16 heavy (non-hydrogen) atoms. The summed E-state index contributed by atoms with van der Waals surface area (Å²) in [7, 11) is 0. The largest absolute Gasteiger partial charge is 0.478 e. The highest BCUT2D eigenvalue weighted by Crippen LogP contribution is 2.06. The molecule has 0 amide bonds. The molecule has 1 aromatic carbocycles. The Hall–Kier alpha value is -2.23. The van der Waals surface area contributed by atoms with Gasteiger partial charge in [0.05, 0.1) is 0 Å². The van der Waals surface area contributed by atoms with Crippen molar-refractivity contribution in [2.75, 3.05) is 0 Å². The van der Waals surface area contributed by atoms with Gasteiger partial charge in [0.15, 0.2) is 11.6 Å². The van der Waals surface area contributed by atoms with Crippen LogP contribution in [0, 0.1) is 0 Å². The predicted molar refractivity (Wildman–Crippen MR) is 57.6 cm³/mol. The van der Waals surface area contributed by atoms with Crippen molar-refractivity contribution in [2.45, 2.75) is 6.92 Å². The number of benzene rings is 1. The van der Waals surface area contributed by atoms with Crippen LogP contribution < -0.4 is 0 Å². The second-order valence-corrected chi connectivity index (χ2v) is 3.17. The molecule has 0 unspecified atom stereocenters. The SMILES string of the molecule is CC(=O)c1ccc(C(=O)/C=C/C(=O)O)cc1. The maximum atomic E-state index is 11.4. The highest BCUT2D eigenvalue weighted by atomic mass is 16.4. The van der Waals surface area contributed by atoms with E-state index in [9.17, 15) is 14.4 Å². The average Bonchev–Trinajstić information content (AvgIpc) is 2.26. The summed E-state index contributed by atoms with van der Waals surface area (Å²) >= 11 is 0. The minimum atomic E-state index is -1.17. The number of carboxylic acids is 1. The van der Waals surface area contributed by atoms with E-state index < -0.39 is 11.8 Å². The van der Waals surface area contributed by atoms with E-state index in [0.29, 0.717) is 11.1 Å². The summed E-state index contributed by atoms with van der Waals surface area (Å²) in [5.41, 5.74) is 0.862. The Morgan fingerprint density at radius 1 is 1.00 bits per heavy atom. The van der Waals surface area contributed by atoms with Gasteiger partial charge in [-0.2, -0.15) is 0 Å². The van der Waals surface area contributed by atoms with Crippen molar-refractivity contribution < 1.29 is 19.5 Å². The Morgan fingerprint density at radius 3 is 1.94 bits per heavy atom. The normalized spacial score (nSPS) is 10.3. The van der Waals surface area contributed by atoms with Crippen LogP contribution in [-0.4, -0.2) is 22.6 Å². The molecule has 4 heteroatoms. The van der Waals surface area contributed by atoms with Gasteiger partial charge in [-0.05, 0) is 13.0 Å². The Morgan fingerprint density at radius 2 is 1.50 bits per heavy atom. The monoisotopic (exact) mass is 218 g/mol. The van der Waals surface area contributed by atoms with Crippen LogP contribution in [0.1, 0.15) is 27.6 Å². The summed E-state index contributed by atoms with van der Waals surface area (Å²) in [6.45, 7) is 1.43. The number of hydrogen-bond acceptors (Lipinski definition) is 3. The summed E-state index contributed by atoms with van der Waals surface area (Å²) in [4.78, 5) is 32.6. The van der Waals surface area contributed by atoms with Crippen LogP contribution in [0.3, 0.4) is 0 Å². The molecule has 0 aliphatic heterocycles. The van der Waals surface area contributed by atoms with E-state index in [1.165, 1.54) is 31.2 Å². The maximum absolute atomic E-state index is 11.4. The third-order valence-corrected chi connectivity index (χ3v) is 1.95. The van der Waals surface area contributed by atoms with Crippen LogP contribution in [0.2, 0.25) is 0 Å². The number of rotatable bonds is 4. The highest BCUT2D eigenvalue weighted by molar-refractivity contribution is 6.07. The first-order valence-electron chi connectivity index (χ1n) is 4.57. The fourth-order valence-electron chi connectivity index (χ4n) is 1.11. The topological polar surface area (TPSA) is 71.4 Å². The van der Waals surface area contributed by atoms with Crippen molar-refractivity contribution >= 4 is 17.5 Å². The van der Waals surface area contributed by atoms with Crippen LogP contribution in [-0.2, 0) is 4.79 Å². The Kier molecular flexibility index (Phi) is 3.72. The van der Waals surface area contributed by atoms with Gasteiger partial charge in [-0.25, -0.2) is 4.79 Å². The van der Waals surface area contributed by atoms with E-state index in [1.807, 2.05) is 0 Å². The molecule has 0 spiro atoms. The zero-order chi connectivity index (χ0) is 12.1. The molecule has 0 radical (unpaired) electrons. The standard InChI is InChI=1S/C12H10O4/c1-8(13)9-2-4-10(5-3-9)11(14)6-7-12(15)16/h2-7H,1H3,(H,15,16)/b7-6+. The Labute approximate surface area is 92.2 Å². The number of aliphatic carboxylic acids is 1. The number of carbonyl (C=O) groups is 3. The molecule has 1 aromatic rings. The van der Waals surface area contributed by atoms with Gasteiger partial charge in [0, 0.05) is 17.2 Å². The fraction of sp³-hybridized carbons (Fsp3) is 0.0833. The number of carboxylic acid groups (broad SMARTS) is 1. The molecule has 0 aliphatic carbocycles. The molecule has 82 valence electrons. The number of hydrogen-bond donors (Lipinski definition) is 1. The second-order valence-electron chi connectivity index (χ2n) is 3.17. The fourth-order valence-corrected chi connectivity index (χ4v) is 1.11. The number of allylic oxidation sites excluding steroid dienone is 1. The maximum Gasteiger partial charge on any atom is 0.328 e. The van der Waals surface area contributed by atoms with E-state index in [2.05, 4.69) is 0 Å². The van der Waals surface area contributed by atoms with E-state index >= 15 is 0 Å². The summed E-state index contributed by atoms with van der Waals surface area (Å²) in [5.74, 6) is -1.66. The molecule has 0 saturated carbocycles. The summed E-state index contributed by atoms with van der Waals surface area (Å²) in [6, 6.07) is 6.05. The number of Topliss-reactive ketones (excluding diaryl/α,β-unsaturated/α-hetero) is 1. The van der Waals surface area contributed by atoms with Gasteiger partial charge in [-0.1, -0.05) is 24.3 Å². The van der Waals surface area contributed by atoms with Crippen molar-refractivity contribution in [3.8, 4) is 0 Å². The van der Waals surface area contributed by atoms with Crippen molar-refractivity contribution in [1.82, 2.24) is 0 Å².